The molecule has 1 heterocycles. The average molecular weight is 402 g/mol. The molecule has 0 aliphatic heterocycles. The van der Waals surface area contributed by atoms with Gasteiger partial charge in [-0.2, -0.15) is 5.26 Å². The normalized spacial score (nSPS) is 19.4. The second-order valence-corrected chi connectivity index (χ2v) is 10.00. The van der Waals surface area contributed by atoms with Crippen molar-refractivity contribution in [3.63, 3.8) is 0 Å². The van der Waals surface area contributed by atoms with Crippen LogP contribution in [0.15, 0.2) is 23.2 Å². The van der Waals surface area contributed by atoms with E-state index in [2.05, 4.69) is 15.0 Å². The van der Waals surface area contributed by atoms with Crippen LogP contribution in [0, 0.1) is 11.5 Å². The van der Waals surface area contributed by atoms with Crippen LogP contribution in [0.25, 0.3) is 10.8 Å². The first kappa shape index (κ1) is 19.1. The first-order valence-electron chi connectivity index (χ1n) is 9.48. The largest absolute Gasteiger partial charge is 0.316 e. The Hall–Kier alpha value is -2.24. The highest BCUT2D eigenvalue weighted by Crippen LogP contribution is 2.43. The summed E-state index contributed by atoms with van der Waals surface area (Å²) in [6.45, 7) is 2.35. The summed E-state index contributed by atoms with van der Waals surface area (Å²) in [4.78, 5) is 4.69. The highest BCUT2D eigenvalue weighted by molar-refractivity contribution is 7.89. The van der Waals surface area contributed by atoms with Crippen molar-refractivity contribution in [1.82, 2.24) is 15.0 Å². The molecule has 1 atom stereocenters. The Bertz CT molecular complexity index is 1080. The number of alkyl halides is 1. The fourth-order valence-corrected chi connectivity index (χ4v) is 5.24. The van der Waals surface area contributed by atoms with Crippen LogP contribution in [0.5, 0.6) is 0 Å². The van der Waals surface area contributed by atoms with Crippen molar-refractivity contribution in [2.45, 2.75) is 62.1 Å². The summed E-state index contributed by atoms with van der Waals surface area (Å²) < 4.78 is 42.5. The van der Waals surface area contributed by atoms with Crippen LogP contribution in [-0.2, 0) is 16.4 Å². The van der Waals surface area contributed by atoms with Gasteiger partial charge in [-0.05, 0) is 62.8 Å². The van der Waals surface area contributed by atoms with E-state index in [-0.39, 0.29) is 17.5 Å². The molecule has 1 aromatic heterocycles. The zero-order chi connectivity index (χ0) is 20.1. The molecule has 2 aliphatic rings. The monoisotopic (exact) mass is 402 g/mol. The van der Waals surface area contributed by atoms with E-state index in [9.17, 15) is 12.8 Å². The second kappa shape index (κ2) is 6.68. The molecule has 2 aliphatic carbocycles. The van der Waals surface area contributed by atoms with Crippen molar-refractivity contribution in [3.05, 3.63) is 35.2 Å². The molecule has 1 aromatic carbocycles. The van der Waals surface area contributed by atoms with Crippen molar-refractivity contribution in [2.24, 2.45) is 0 Å². The van der Waals surface area contributed by atoms with Gasteiger partial charge in [0.2, 0.25) is 10.0 Å². The van der Waals surface area contributed by atoms with Crippen LogP contribution < -0.4 is 10.0 Å². The van der Waals surface area contributed by atoms with Crippen molar-refractivity contribution in [1.29, 1.82) is 5.26 Å². The number of rotatable bonds is 6. The second-order valence-electron chi connectivity index (χ2n) is 8.26. The first-order chi connectivity index (χ1) is 13.2. The van der Waals surface area contributed by atoms with E-state index in [1.807, 2.05) is 12.3 Å². The maximum atomic E-state index is 13.9. The highest BCUT2D eigenvalue weighted by atomic mass is 32.2. The summed E-state index contributed by atoms with van der Waals surface area (Å²) in [6, 6.07) is 3.29. The summed E-state index contributed by atoms with van der Waals surface area (Å²) >= 11 is 0. The molecule has 0 radical (unpaired) electrons. The van der Waals surface area contributed by atoms with Gasteiger partial charge in [0.25, 0.3) is 0 Å². The van der Waals surface area contributed by atoms with Gasteiger partial charge in [0, 0.05) is 35.1 Å². The van der Waals surface area contributed by atoms with Gasteiger partial charge in [-0.1, -0.05) is 0 Å². The molecule has 1 fully saturated rings. The van der Waals surface area contributed by atoms with E-state index in [1.54, 1.807) is 12.3 Å². The lowest BCUT2D eigenvalue weighted by atomic mass is 10.0. The maximum Gasteiger partial charge on any atom is 0.241 e. The Morgan fingerprint density at radius 3 is 2.68 bits per heavy atom. The number of fused-ring (bicyclic) bond motifs is 3. The molecule has 1 saturated carbocycles. The van der Waals surface area contributed by atoms with E-state index in [0.29, 0.717) is 11.3 Å². The molecule has 4 rings (SSSR count). The number of halogens is 1. The molecule has 148 valence electrons. The van der Waals surface area contributed by atoms with E-state index in [0.717, 1.165) is 47.9 Å². The minimum absolute atomic E-state index is 0.126. The Morgan fingerprint density at radius 2 is 2.04 bits per heavy atom. The number of nitrogens with zero attached hydrogens (tertiary/aromatic N) is 2. The van der Waals surface area contributed by atoms with E-state index in [4.69, 9.17) is 5.26 Å². The van der Waals surface area contributed by atoms with E-state index in [1.165, 1.54) is 13.8 Å². The highest BCUT2D eigenvalue weighted by Gasteiger charge is 2.32. The molecule has 0 bridgehead atoms. The number of sulfonamides is 1. The zero-order valence-electron chi connectivity index (χ0n) is 15.9. The van der Waals surface area contributed by atoms with Gasteiger partial charge < -0.3 is 5.32 Å². The molecule has 8 heteroatoms. The zero-order valence-corrected chi connectivity index (χ0v) is 16.7. The summed E-state index contributed by atoms with van der Waals surface area (Å²) in [5.41, 5.74) is 1.07. The van der Waals surface area contributed by atoms with Crippen LogP contribution in [0.2, 0.25) is 0 Å². The van der Waals surface area contributed by atoms with E-state index < -0.39 is 15.7 Å². The number of nitriles is 1. The molecule has 6 nitrogen and oxygen atoms in total. The lowest BCUT2D eigenvalue weighted by molar-refractivity contribution is 0.221. The molecular weight excluding hydrogens is 379 g/mol. The summed E-state index contributed by atoms with van der Waals surface area (Å²) in [6.07, 6.45) is 7.31. The number of hydrogen-bond donors (Lipinski definition) is 2. The number of benzene rings is 1. The average Bonchev–Trinajstić information content (AvgIpc) is 3.40. The third-order valence-electron chi connectivity index (χ3n) is 5.42. The molecule has 0 amide bonds. The summed E-state index contributed by atoms with van der Waals surface area (Å²) in [7, 11) is -3.93. The van der Waals surface area contributed by atoms with Crippen molar-refractivity contribution in [2.75, 3.05) is 6.54 Å². The van der Waals surface area contributed by atoms with Crippen LogP contribution in [0.3, 0.4) is 0 Å². The van der Waals surface area contributed by atoms with E-state index >= 15 is 0 Å². The fourth-order valence-electron chi connectivity index (χ4n) is 3.81. The Labute approximate surface area is 164 Å². The number of hydrogen-bond acceptors (Lipinski definition) is 5. The van der Waals surface area contributed by atoms with Crippen LogP contribution >= 0.6 is 0 Å². The molecule has 2 aromatic rings. The minimum Gasteiger partial charge on any atom is -0.316 e. The van der Waals surface area contributed by atoms with Crippen LogP contribution in [0.4, 0.5) is 4.39 Å². The van der Waals surface area contributed by atoms with Gasteiger partial charge in [0.15, 0.2) is 6.19 Å². The molecule has 0 spiro atoms. The lowest BCUT2D eigenvalue weighted by Gasteiger charge is -2.18. The van der Waals surface area contributed by atoms with Gasteiger partial charge in [-0.3, -0.25) is 4.98 Å². The lowest BCUT2D eigenvalue weighted by Crippen LogP contribution is -2.35. The van der Waals surface area contributed by atoms with Gasteiger partial charge in [0.05, 0.1) is 10.9 Å². The van der Waals surface area contributed by atoms with Crippen molar-refractivity contribution < 1.29 is 12.8 Å². The predicted octanol–water partition coefficient (Wildman–Crippen LogP) is 3.20. The maximum absolute atomic E-state index is 13.9. The van der Waals surface area contributed by atoms with Crippen LogP contribution in [0.1, 0.15) is 61.9 Å². The Morgan fingerprint density at radius 1 is 1.29 bits per heavy atom. The SMILES string of the molecule is CC(C)(F)CNS(=O)(=O)c1cc2c(c3cnc(C4CC4)cc13)CCC2NC#N. The minimum atomic E-state index is -3.93. The summed E-state index contributed by atoms with van der Waals surface area (Å²) in [5, 5.41) is 13.2. The van der Waals surface area contributed by atoms with Crippen LogP contribution in [-0.4, -0.2) is 25.6 Å². The molecule has 2 N–H and O–H groups in total. The van der Waals surface area contributed by atoms with Crippen molar-refractivity contribution in [3.8, 4) is 6.19 Å². The number of pyridine rings is 1. The standard InChI is InChI=1S/C20H23FN4O2S/c1-20(2,21)10-25-28(26,27)19-8-14-13(5-6-17(14)24-11-22)16-9-23-18(7-15(16)19)12-3-4-12/h7-9,12,17,24-25H,3-6,10H2,1-2H3. The Balaban J connectivity index is 1.89. The third-order valence-corrected chi connectivity index (χ3v) is 6.86. The fraction of sp³-hybridized carbons (Fsp3) is 0.500. The molecule has 0 saturated heterocycles. The van der Waals surface area contributed by atoms with Gasteiger partial charge in [-0.15, -0.1) is 0 Å². The van der Waals surface area contributed by atoms with Crippen molar-refractivity contribution >= 4 is 20.8 Å². The smallest absolute Gasteiger partial charge is 0.241 e. The number of aryl methyl sites for hydroxylation is 1. The summed E-state index contributed by atoms with van der Waals surface area (Å²) in [5.74, 6) is 0.388. The Kier molecular flexibility index (Phi) is 4.55. The van der Waals surface area contributed by atoms with Gasteiger partial charge in [-0.25, -0.2) is 17.5 Å². The molecule has 1 unspecified atom stereocenters. The molecule has 28 heavy (non-hydrogen) atoms. The topological polar surface area (TPSA) is 94.9 Å². The third kappa shape index (κ3) is 3.56. The number of aromatic nitrogens is 1. The molecular formula is C20H23FN4O2S. The quantitative estimate of drug-likeness (QED) is 0.572. The van der Waals surface area contributed by atoms with Gasteiger partial charge in [0.1, 0.15) is 5.67 Å². The first-order valence-corrected chi connectivity index (χ1v) is 11.0. The van der Waals surface area contributed by atoms with Gasteiger partial charge >= 0.3 is 0 Å². The predicted molar refractivity (Wildman–Crippen MR) is 104 cm³/mol. The number of nitrogens with one attached hydrogen (secondary N) is 2.